The molecule has 5 nitrogen and oxygen atoms in total. The van der Waals surface area contributed by atoms with E-state index >= 15 is 0 Å². The Balaban J connectivity index is 2.42. The molecule has 1 unspecified atom stereocenters. The van der Waals surface area contributed by atoms with E-state index in [9.17, 15) is 22.0 Å². The molecule has 8 heteroatoms. The third-order valence-corrected chi connectivity index (χ3v) is 5.32. The number of rotatable bonds is 5. The molecule has 116 valence electrons. The van der Waals surface area contributed by atoms with Crippen molar-refractivity contribution in [2.75, 3.05) is 7.11 Å². The van der Waals surface area contributed by atoms with Gasteiger partial charge in [-0.15, -0.1) is 0 Å². The summed E-state index contributed by atoms with van der Waals surface area (Å²) in [6, 6.07) is 0.991. The molecule has 1 aromatic rings. The minimum Gasteiger partial charge on any atom is -0.468 e. The molecule has 0 aliphatic heterocycles. The number of carbonyl (C=O) groups excluding carboxylic acids is 1. The molecule has 1 fully saturated rings. The number of sulfonamides is 1. The quantitative estimate of drug-likeness (QED) is 0.775. The summed E-state index contributed by atoms with van der Waals surface area (Å²) < 4.78 is 56.9. The summed E-state index contributed by atoms with van der Waals surface area (Å²) in [6.45, 7) is 1.40. The average molecular weight is 319 g/mol. The molecule has 0 amide bonds. The summed E-state index contributed by atoms with van der Waals surface area (Å²) in [5.41, 5.74) is 0. The van der Waals surface area contributed by atoms with E-state index < -0.39 is 33.7 Å². The van der Waals surface area contributed by atoms with Crippen molar-refractivity contribution < 1.29 is 26.7 Å². The van der Waals surface area contributed by atoms with Gasteiger partial charge in [-0.3, -0.25) is 4.79 Å². The van der Waals surface area contributed by atoms with Gasteiger partial charge >= 0.3 is 5.97 Å². The molecule has 1 aliphatic rings. The van der Waals surface area contributed by atoms with Crippen molar-refractivity contribution in [1.82, 2.24) is 4.31 Å². The first kappa shape index (κ1) is 15.8. The highest BCUT2D eigenvalue weighted by atomic mass is 32.2. The number of hydrogen-bond acceptors (Lipinski definition) is 4. The first-order valence-corrected chi connectivity index (χ1v) is 7.79. The van der Waals surface area contributed by atoms with Crippen molar-refractivity contribution in [3.05, 3.63) is 29.8 Å². The lowest BCUT2D eigenvalue weighted by molar-refractivity contribution is -0.144. The first-order chi connectivity index (χ1) is 9.78. The summed E-state index contributed by atoms with van der Waals surface area (Å²) in [4.78, 5) is 11.2. The fourth-order valence-corrected chi connectivity index (χ4v) is 3.92. The molecule has 0 aromatic heterocycles. The summed E-state index contributed by atoms with van der Waals surface area (Å²) >= 11 is 0. The Kier molecular flexibility index (Phi) is 4.29. The molecule has 0 spiro atoms. The van der Waals surface area contributed by atoms with Gasteiger partial charge in [0.15, 0.2) is 11.6 Å². The highest BCUT2D eigenvalue weighted by Gasteiger charge is 2.44. The molecular weight excluding hydrogens is 304 g/mol. The topological polar surface area (TPSA) is 63.7 Å². The van der Waals surface area contributed by atoms with Crippen LogP contribution in [0.5, 0.6) is 0 Å². The van der Waals surface area contributed by atoms with E-state index in [-0.39, 0.29) is 10.9 Å². The molecule has 0 N–H and O–H groups in total. The molecular formula is C13H15F2NO4S. The van der Waals surface area contributed by atoms with Crippen molar-refractivity contribution in [3.8, 4) is 0 Å². The first-order valence-electron chi connectivity index (χ1n) is 6.35. The van der Waals surface area contributed by atoms with E-state index in [4.69, 9.17) is 0 Å². The van der Waals surface area contributed by atoms with Gasteiger partial charge in [-0.2, -0.15) is 4.31 Å². The molecule has 2 rings (SSSR count). The second kappa shape index (κ2) is 5.69. The normalized spacial score (nSPS) is 16.8. The smallest absolute Gasteiger partial charge is 0.323 e. The number of nitrogens with zero attached hydrogens (tertiary/aromatic N) is 1. The standard InChI is InChI=1S/C13H15F2NO4S/c1-8(13(17)20-2)16(9-3-4-9)21(18,19)10-5-6-11(14)12(15)7-10/h5-9H,3-4H2,1-2H3. The van der Waals surface area contributed by atoms with E-state index in [0.29, 0.717) is 18.9 Å². The molecule has 0 saturated heterocycles. The predicted octanol–water partition coefficient (Wildman–Crippen LogP) is 1.68. The number of ether oxygens (including phenoxy) is 1. The molecule has 0 radical (unpaired) electrons. The zero-order chi connectivity index (χ0) is 15.8. The van der Waals surface area contributed by atoms with Gasteiger partial charge in [-0.1, -0.05) is 0 Å². The van der Waals surface area contributed by atoms with Crippen LogP contribution in [0.25, 0.3) is 0 Å². The van der Waals surface area contributed by atoms with Crippen molar-refractivity contribution in [1.29, 1.82) is 0 Å². The molecule has 1 aromatic carbocycles. The van der Waals surface area contributed by atoms with Crippen molar-refractivity contribution in [2.45, 2.75) is 36.7 Å². The van der Waals surface area contributed by atoms with Crippen LogP contribution in [0.2, 0.25) is 0 Å². The van der Waals surface area contributed by atoms with E-state index in [0.717, 1.165) is 23.5 Å². The Morgan fingerprint density at radius 2 is 1.95 bits per heavy atom. The van der Waals surface area contributed by atoms with E-state index in [1.54, 1.807) is 0 Å². The molecule has 21 heavy (non-hydrogen) atoms. The third-order valence-electron chi connectivity index (χ3n) is 3.30. The van der Waals surface area contributed by atoms with Gasteiger partial charge in [0.05, 0.1) is 12.0 Å². The van der Waals surface area contributed by atoms with Gasteiger partial charge in [-0.05, 0) is 38.0 Å². The lowest BCUT2D eigenvalue weighted by Gasteiger charge is -2.26. The Bertz CT molecular complexity index is 658. The predicted molar refractivity (Wildman–Crippen MR) is 69.9 cm³/mol. The number of hydrogen-bond donors (Lipinski definition) is 0. The van der Waals surface area contributed by atoms with E-state index in [2.05, 4.69) is 4.74 Å². The van der Waals surface area contributed by atoms with Gasteiger partial charge in [0.1, 0.15) is 6.04 Å². The maximum Gasteiger partial charge on any atom is 0.323 e. The second-order valence-corrected chi connectivity index (χ2v) is 6.68. The molecule has 0 heterocycles. The van der Waals surface area contributed by atoms with Crippen LogP contribution in [-0.2, 0) is 19.6 Å². The van der Waals surface area contributed by atoms with Crippen LogP contribution < -0.4 is 0 Å². The maximum atomic E-state index is 13.3. The zero-order valence-electron chi connectivity index (χ0n) is 11.5. The summed E-state index contributed by atoms with van der Waals surface area (Å²) in [6.07, 6.45) is 1.23. The van der Waals surface area contributed by atoms with Crippen LogP contribution >= 0.6 is 0 Å². The molecule has 1 saturated carbocycles. The minimum absolute atomic E-state index is 0.322. The maximum absolute atomic E-state index is 13.3. The minimum atomic E-state index is -4.11. The van der Waals surface area contributed by atoms with Crippen LogP contribution in [0.3, 0.4) is 0 Å². The van der Waals surface area contributed by atoms with Crippen LogP contribution in [0.4, 0.5) is 8.78 Å². The van der Waals surface area contributed by atoms with Crippen molar-refractivity contribution in [3.63, 3.8) is 0 Å². The number of methoxy groups -OCH3 is 1. The zero-order valence-corrected chi connectivity index (χ0v) is 12.4. The Morgan fingerprint density at radius 3 is 2.43 bits per heavy atom. The largest absolute Gasteiger partial charge is 0.468 e. The fraction of sp³-hybridized carbons (Fsp3) is 0.462. The lowest BCUT2D eigenvalue weighted by Crippen LogP contribution is -2.45. The van der Waals surface area contributed by atoms with Gasteiger partial charge in [-0.25, -0.2) is 17.2 Å². The van der Waals surface area contributed by atoms with Crippen molar-refractivity contribution in [2.24, 2.45) is 0 Å². The van der Waals surface area contributed by atoms with Gasteiger partial charge < -0.3 is 4.74 Å². The van der Waals surface area contributed by atoms with Crippen LogP contribution in [-0.4, -0.2) is 37.9 Å². The van der Waals surface area contributed by atoms with Gasteiger partial charge in [0.2, 0.25) is 10.0 Å². The molecule has 0 bridgehead atoms. The number of halogens is 2. The Hall–Kier alpha value is -1.54. The van der Waals surface area contributed by atoms with Gasteiger partial charge in [0, 0.05) is 6.04 Å². The highest BCUT2D eigenvalue weighted by Crippen LogP contribution is 2.34. The summed E-state index contributed by atoms with van der Waals surface area (Å²) in [7, 11) is -2.94. The number of esters is 1. The van der Waals surface area contributed by atoms with E-state index in [1.165, 1.54) is 6.92 Å². The summed E-state index contributed by atoms with van der Waals surface area (Å²) in [5.74, 6) is -3.08. The van der Waals surface area contributed by atoms with E-state index in [1.807, 2.05) is 0 Å². The van der Waals surface area contributed by atoms with Crippen LogP contribution in [0.1, 0.15) is 19.8 Å². The third kappa shape index (κ3) is 3.06. The monoisotopic (exact) mass is 319 g/mol. The fourth-order valence-electron chi connectivity index (χ4n) is 2.08. The Morgan fingerprint density at radius 1 is 1.33 bits per heavy atom. The average Bonchev–Trinajstić information content (AvgIpc) is 3.25. The van der Waals surface area contributed by atoms with Crippen LogP contribution in [0.15, 0.2) is 23.1 Å². The van der Waals surface area contributed by atoms with Crippen molar-refractivity contribution >= 4 is 16.0 Å². The molecule has 1 aliphatic carbocycles. The van der Waals surface area contributed by atoms with Gasteiger partial charge in [0.25, 0.3) is 0 Å². The second-order valence-electron chi connectivity index (χ2n) is 4.84. The Labute approximate surface area is 121 Å². The number of carbonyl (C=O) groups is 1. The summed E-state index contributed by atoms with van der Waals surface area (Å²) in [5, 5.41) is 0. The SMILES string of the molecule is COC(=O)C(C)N(C1CC1)S(=O)(=O)c1ccc(F)c(F)c1. The highest BCUT2D eigenvalue weighted by molar-refractivity contribution is 7.89. The lowest BCUT2D eigenvalue weighted by atomic mass is 10.3. The molecule has 1 atom stereocenters. The number of benzene rings is 1. The van der Waals surface area contributed by atoms with Crippen LogP contribution in [0, 0.1) is 11.6 Å².